The van der Waals surface area contributed by atoms with E-state index in [2.05, 4.69) is 14.9 Å². The summed E-state index contributed by atoms with van der Waals surface area (Å²) in [6, 6.07) is 14.8. The predicted molar refractivity (Wildman–Crippen MR) is 108 cm³/mol. The maximum absolute atomic E-state index is 11.1. The van der Waals surface area contributed by atoms with E-state index >= 15 is 0 Å². The molecule has 4 rings (SSSR count). The first-order valence-electron chi connectivity index (χ1n) is 9.47. The number of carboxylic acid groups (broad SMARTS) is 1. The molecule has 0 unspecified atom stereocenters. The van der Waals surface area contributed by atoms with E-state index in [0.29, 0.717) is 25.3 Å². The van der Waals surface area contributed by atoms with Crippen molar-refractivity contribution in [3.05, 3.63) is 71.7 Å². The molecule has 1 fully saturated rings. The minimum Gasteiger partial charge on any atom is -0.497 e. The van der Waals surface area contributed by atoms with Crippen LogP contribution in [0.2, 0.25) is 0 Å². The zero-order chi connectivity index (χ0) is 20.2. The van der Waals surface area contributed by atoms with Gasteiger partial charge in [0.15, 0.2) is 0 Å². The van der Waals surface area contributed by atoms with Gasteiger partial charge in [-0.1, -0.05) is 24.3 Å². The summed E-state index contributed by atoms with van der Waals surface area (Å²) in [4.78, 5) is 21.4. The molecule has 0 bridgehead atoms. The van der Waals surface area contributed by atoms with Crippen LogP contribution < -0.4 is 4.74 Å². The number of carboxylic acids is 1. The number of nitrogens with zero attached hydrogens (tertiary/aromatic N) is 2. The summed E-state index contributed by atoms with van der Waals surface area (Å²) >= 11 is 0. The van der Waals surface area contributed by atoms with Gasteiger partial charge in [-0.3, -0.25) is 4.90 Å². The number of H-pyrrole nitrogens is 1. The third kappa shape index (κ3) is 4.31. The highest BCUT2D eigenvalue weighted by Crippen LogP contribution is 2.28. The summed E-state index contributed by atoms with van der Waals surface area (Å²) in [6.45, 7) is 2.69. The summed E-state index contributed by atoms with van der Waals surface area (Å²) in [5.74, 6) is 0.734. The monoisotopic (exact) mass is 393 g/mol. The molecule has 1 aliphatic heterocycles. The number of nitrogens with one attached hydrogen (secondary N) is 1. The van der Waals surface area contributed by atoms with Gasteiger partial charge in [0, 0.05) is 18.7 Å². The number of rotatable bonds is 6. The first-order valence-corrected chi connectivity index (χ1v) is 9.47. The molecule has 2 N–H and O–H groups in total. The Morgan fingerprint density at radius 3 is 2.90 bits per heavy atom. The minimum atomic E-state index is -0.915. The molecule has 0 spiro atoms. The Hall–Kier alpha value is -3.16. The van der Waals surface area contributed by atoms with Gasteiger partial charge in [-0.15, -0.1) is 0 Å². The Morgan fingerprint density at radius 1 is 1.31 bits per heavy atom. The van der Waals surface area contributed by atoms with Crippen LogP contribution in [0.1, 0.15) is 27.8 Å². The van der Waals surface area contributed by atoms with Crippen LogP contribution in [-0.4, -0.2) is 52.8 Å². The third-order valence-corrected chi connectivity index (χ3v) is 5.12. The molecule has 0 radical (unpaired) electrons. The number of hydrogen-bond donors (Lipinski definition) is 2. The molecule has 2 aromatic carbocycles. The second kappa shape index (κ2) is 8.46. The molecule has 3 aromatic rings. The van der Waals surface area contributed by atoms with Crippen molar-refractivity contribution in [1.29, 1.82) is 0 Å². The van der Waals surface area contributed by atoms with Gasteiger partial charge in [-0.05, 0) is 29.8 Å². The predicted octanol–water partition coefficient (Wildman–Crippen LogP) is 3.36. The van der Waals surface area contributed by atoms with Crippen molar-refractivity contribution >= 4 is 5.97 Å². The van der Waals surface area contributed by atoms with E-state index in [4.69, 9.17) is 14.6 Å². The van der Waals surface area contributed by atoms with Crippen LogP contribution in [0, 0.1) is 0 Å². The number of imidazole rings is 1. The van der Waals surface area contributed by atoms with Crippen molar-refractivity contribution in [2.45, 2.75) is 12.6 Å². The number of aromatic carboxylic acids is 1. The number of benzene rings is 2. The van der Waals surface area contributed by atoms with Gasteiger partial charge in [0.2, 0.25) is 0 Å². The normalized spacial score (nSPS) is 17.2. The Bertz CT molecular complexity index is 984. The molecular weight excluding hydrogens is 370 g/mol. The molecule has 150 valence electrons. The van der Waals surface area contributed by atoms with Crippen LogP contribution in [0.3, 0.4) is 0 Å². The lowest BCUT2D eigenvalue weighted by Crippen LogP contribution is -2.39. The third-order valence-electron chi connectivity index (χ3n) is 5.12. The molecule has 7 heteroatoms. The fourth-order valence-corrected chi connectivity index (χ4v) is 3.51. The summed E-state index contributed by atoms with van der Waals surface area (Å²) in [5.41, 5.74) is 3.29. The lowest BCUT2D eigenvalue weighted by atomic mass is 10.1. The average molecular weight is 393 g/mol. The Kier molecular flexibility index (Phi) is 5.59. The van der Waals surface area contributed by atoms with Crippen LogP contribution in [0.5, 0.6) is 5.75 Å². The number of ether oxygens (including phenoxy) is 2. The van der Waals surface area contributed by atoms with Gasteiger partial charge in [-0.25, -0.2) is 9.78 Å². The lowest BCUT2D eigenvalue weighted by Gasteiger charge is -2.34. The Balaban J connectivity index is 1.53. The number of hydrogen-bond acceptors (Lipinski definition) is 5. The second-order valence-electron chi connectivity index (χ2n) is 6.98. The lowest BCUT2D eigenvalue weighted by molar-refractivity contribution is -0.0156. The zero-order valence-electron chi connectivity index (χ0n) is 16.2. The number of carbonyl (C=O) groups is 1. The van der Waals surface area contributed by atoms with Crippen molar-refractivity contribution in [1.82, 2.24) is 14.9 Å². The largest absolute Gasteiger partial charge is 0.497 e. The van der Waals surface area contributed by atoms with E-state index < -0.39 is 5.97 Å². The van der Waals surface area contributed by atoms with E-state index in [1.165, 1.54) is 0 Å². The van der Waals surface area contributed by atoms with Crippen LogP contribution in [0.4, 0.5) is 0 Å². The summed E-state index contributed by atoms with van der Waals surface area (Å²) in [6.07, 6.45) is 1.83. The molecular formula is C22H23N3O4. The molecule has 1 atom stereocenters. The quantitative estimate of drug-likeness (QED) is 0.668. The highest BCUT2D eigenvalue weighted by molar-refractivity contribution is 5.87. The molecule has 2 heterocycles. The van der Waals surface area contributed by atoms with Crippen molar-refractivity contribution in [2.75, 3.05) is 26.9 Å². The van der Waals surface area contributed by atoms with Gasteiger partial charge >= 0.3 is 5.97 Å². The van der Waals surface area contributed by atoms with Crippen molar-refractivity contribution in [3.8, 4) is 17.0 Å². The van der Waals surface area contributed by atoms with Crippen LogP contribution in [0.15, 0.2) is 54.7 Å². The van der Waals surface area contributed by atoms with Gasteiger partial charge in [-0.2, -0.15) is 0 Å². The van der Waals surface area contributed by atoms with E-state index in [9.17, 15) is 4.79 Å². The van der Waals surface area contributed by atoms with Crippen LogP contribution >= 0.6 is 0 Å². The van der Waals surface area contributed by atoms with E-state index in [-0.39, 0.29) is 6.04 Å². The van der Waals surface area contributed by atoms with Crippen molar-refractivity contribution in [3.63, 3.8) is 0 Å². The first kappa shape index (κ1) is 19.2. The van der Waals surface area contributed by atoms with E-state index in [1.807, 2.05) is 42.6 Å². The van der Waals surface area contributed by atoms with E-state index in [1.54, 1.807) is 19.2 Å². The Labute approximate surface area is 168 Å². The first-order chi connectivity index (χ1) is 14.1. The smallest absolute Gasteiger partial charge is 0.335 e. The fraction of sp³-hybridized carbons (Fsp3) is 0.273. The molecule has 0 saturated carbocycles. The Morgan fingerprint density at radius 2 is 2.14 bits per heavy atom. The minimum absolute atomic E-state index is 0.00209. The van der Waals surface area contributed by atoms with Crippen molar-refractivity contribution < 1.29 is 19.4 Å². The molecule has 1 aromatic heterocycles. The van der Waals surface area contributed by atoms with Gasteiger partial charge < -0.3 is 19.6 Å². The van der Waals surface area contributed by atoms with Crippen LogP contribution in [0.25, 0.3) is 11.3 Å². The van der Waals surface area contributed by atoms with Gasteiger partial charge in [0.25, 0.3) is 0 Å². The summed E-state index contributed by atoms with van der Waals surface area (Å²) in [7, 11) is 1.65. The molecule has 1 saturated heterocycles. The molecule has 29 heavy (non-hydrogen) atoms. The van der Waals surface area contributed by atoms with Crippen LogP contribution in [-0.2, 0) is 11.3 Å². The highest BCUT2D eigenvalue weighted by atomic mass is 16.5. The summed E-state index contributed by atoms with van der Waals surface area (Å²) < 4.78 is 11.0. The molecule has 7 nitrogen and oxygen atoms in total. The molecule has 0 amide bonds. The average Bonchev–Trinajstić information content (AvgIpc) is 3.25. The number of aromatic nitrogens is 2. The molecule has 1 aliphatic rings. The zero-order valence-corrected chi connectivity index (χ0v) is 16.2. The number of aromatic amines is 1. The maximum Gasteiger partial charge on any atom is 0.335 e. The highest BCUT2D eigenvalue weighted by Gasteiger charge is 2.27. The fourth-order valence-electron chi connectivity index (χ4n) is 3.51. The molecule has 0 aliphatic carbocycles. The standard InChI is InChI=1S/C22H23N3O4/c1-28-18-4-2-3-17(11-18)19-12-23-21(24-19)20-14-29-10-9-25(20)13-15-5-7-16(8-6-15)22(26)27/h2-8,11-12,20H,9-10,13-14H2,1H3,(H,23,24)(H,26,27)/t20-/m0/s1. The SMILES string of the molecule is COc1cccc(-c2cnc([C@@H]3COCCN3Cc3ccc(C(=O)O)cc3)[nH]2)c1. The summed E-state index contributed by atoms with van der Waals surface area (Å²) in [5, 5.41) is 9.07. The number of methoxy groups -OCH3 is 1. The topological polar surface area (TPSA) is 87.7 Å². The maximum atomic E-state index is 11.1. The number of morpholine rings is 1. The van der Waals surface area contributed by atoms with Gasteiger partial charge in [0.05, 0.1) is 43.8 Å². The van der Waals surface area contributed by atoms with Crippen molar-refractivity contribution in [2.24, 2.45) is 0 Å². The van der Waals surface area contributed by atoms with E-state index in [0.717, 1.165) is 34.9 Å². The van der Waals surface area contributed by atoms with Gasteiger partial charge in [0.1, 0.15) is 11.6 Å². The second-order valence-corrected chi connectivity index (χ2v) is 6.98.